The molecule has 8 heteroatoms. The van der Waals surface area contributed by atoms with Crippen molar-refractivity contribution in [2.75, 3.05) is 0 Å². The summed E-state index contributed by atoms with van der Waals surface area (Å²) in [5.74, 6) is 0. The fourth-order valence-corrected chi connectivity index (χ4v) is 3.59. The second-order valence-electron chi connectivity index (χ2n) is 5.81. The number of benzene rings is 2. The van der Waals surface area contributed by atoms with Gasteiger partial charge in [-0.2, -0.15) is 0 Å². The number of rotatable bonds is 7. The van der Waals surface area contributed by atoms with E-state index >= 15 is 0 Å². The van der Waals surface area contributed by atoms with Gasteiger partial charge in [0.25, 0.3) is 5.69 Å². The van der Waals surface area contributed by atoms with Gasteiger partial charge in [0.1, 0.15) is 0 Å². The summed E-state index contributed by atoms with van der Waals surface area (Å²) >= 11 is 1.40. The van der Waals surface area contributed by atoms with Gasteiger partial charge in [0.2, 0.25) is 0 Å². The molecule has 1 N–H and O–H groups in total. The van der Waals surface area contributed by atoms with Crippen molar-refractivity contribution >= 4 is 17.4 Å². The van der Waals surface area contributed by atoms with Crippen LogP contribution in [0.3, 0.4) is 0 Å². The maximum Gasteiger partial charge on any atom is 0.343 e. The molecule has 3 aromatic rings. The van der Waals surface area contributed by atoms with Gasteiger partial charge in [0.05, 0.1) is 4.92 Å². The van der Waals surface area contributed by atoms with E-state index in [1.54, 1.807) is 16.7 Å². The average molecular weight is 370 g/mol. The Morgan fingerprint density at radius 1 is 1.23 bits per heavy atom. The van der Waals surface area contributed by atoms with Gasteiger partial charge in [-0.25, -0.2) is 9.89 Å². The average Bonchev–Trinajstić information content (AvgIpc) is 3.00. The molecule has 0 unspecified atom stereocenters. The van der Waals surface area contributed by atoms with E-state index in [1.165, 1.54) is 17.8 Å². The number of aromatic nitrogens is 3. The van der Waals surface area contributed by atoms with Crippen LogP contribution in [-0.2, 0) is 13.0 Å². The van der Waals surface area contributed by atoms with E-state index in [-0.39, 0.29) is 16.6 Å². The minimum atomic E-state index is -0.411. The lowest BCUT2D eigenvalue weighted by atomic mass is 10.1. The summed E-state index contributed by atoms with van der Waals surface area (Å²) in [6.45, 7) is 2.45. The van der Waals surface area contributed by atoms with E-state index in [2.05, 4.69) is 10.2 Å². The highest BCUT2D eigenvalue weighted by Gasteiger charge is 2.16. The molecule has 0 radical (unpaired) electrons. The largest absolute Gasteiger partial charge is 0.343 e. The zero-order chi connectivity index (χ0) is 18.5. The number of thioether (sulfide) groups is 1. The van der Waals surface area contributed by atoms with E-state index in [0.717, 1.165) is 17.5 Å². The summed E-state index contributed by atoms with van der Waals surface area (Å²) in [6, 6.07) is 16.4. The molecule has 0 amide bonds. The summed E-state index contributed by atoms with van der Waals surface area (Å²) < 4.78 is 1.60. The summed E-state index contributed by atoms with van der Waals surface area (Å²) in [5, 5.41) is 18.0. The van der Waals surface area contributed by atoms with Gasteiger partial charge < -0.3 is 0 Å². The smallest absolute Gasteiger partial charge is 0.270 e. The Bertz CT molecular complexity index is 952. The number of nitro groups is 1. The first kappa shape index (κ1) is 17.9. The van der Waals surface area contributed by atoms with Crippen LogP contribution in [0.15, 0.2) is 64.5 Å². The maximum atomic E-state index is 12.1. The van der Waals surface area contributed by atoms with Gasteiger partial charge in [0, 0.05) is 23.9 Å². The predicted molar refractivity (Wildman–Crippen MR) is 100 cm³/mol. The fraction of sp³-hybridized carbons (Fsp3) is 0.222. The maximum absolute atomic E-state index is 12.1. The van der Waals surface area contributed by atoms with Crippen molar-refractivity contribution in [3.05, 3.63) is 86.3 Å². The van der Waals surface area contributed by atoms with Crippen molar-refractivity contribution in [1.82, 2.24) is 14.8 Å². The number of hydrogen-bond donors (Lipinski definition) is 1. The minimum Gasteiger partial charge on any atom is -0.270 e. The lowest BCUT2D eigenvalue weighted by Crippen LogP contribution is -2.19. The highest BCUT2D eigenvalue weighted by Crippen LogP contribution is 2.34. The van der Waals surface area contributed by atoms with Crippen LogP contribution in [0.1, 0.15) is 23.3 Å². The quantitative estimate of drug-likeness (QED) is 0.390. The molecule has 0 aliphatic rings. The zero-order valence-electron chi connectivity index (χ0n) is 14.2. The highest BCUT2D eigenvalue weighted by atomic mass is 32.2. The number of aryl methyl sites for hydroxylation is 1. The van der Waals surface area contributed by atoms with Crippen LogP contribution < -0.4 is 5.69 Å². The molecular formula is C18H18N4O3S. The number of H-pyrrole nitrogens is 1. The topological polar surface area (TPSA) is 93.8 Å². The van der Waals surface area contributed by atoms with Crippen LogP contribution in [0.2, 0.25) is 0 Å². The summed E-state index contributed by atoms with van der Waals surface area (Å²) in [6.07, 6.45) is 0.721. The molecule has 134 valence electrons. The van der Waals surface area contributed by atoms with Crippen molar-refractivity contribution in [1.29, 1.82) is 0 Å². The van der Waals surface area contributed by atoms with Crippen LogP contribution in [0.4, 0.5) is 5.69 Å². The van der Waals surface area contributed by atoms with Crippen LogP contribution in [0.5, 0.6) is 0 Å². The summed E-state index contributed by atoms with van der Waals surface area (Å²) in [7, 11) is 0. The Morgan fingerprint density at radius 3 is 2.73 bits per heavy atom. The Morgan fingerprint density at radius 2 is 2.00 bits per heavy atom. The van der Waals surface area contributed by atoms with Gasteiger partial charge in [-0.15, -0.1) is 5.10 Å². The molecule has 2 aromatic carbocycles. The van der Waals surface area contributed by atoms with Gasteiger partial charge in [-0.05, 0) is 24.5 Å². The molecule has 1 aromatic heterocycles. The zero-order valence-corrected chi connectivity index (χ0v) is 15.0. The molecule has 1 atom stereocenters. The Labute approximate surface area is 154 Å². The van der Waals surface area contributed by atoms with Crippen molar-refractivity contribution < 1.29 is 4.92 Å². The van der Waals surface area contributed by atoms with Gasteiger partial charge in [0.15, 0.2) is 5.16 Å². The Hall–Kier alpha value is -2.87. The standard InChI is InChI=1S/C18H18N4O3S/c1-13(15-8-5-9-16(12-15)22(24)25)26-18-20-19-17(23)21(18)11-10-14-6-3-2-4-7-14/h2-9,12-13H,10-11H2,1H3,(H,19,23)/t13-/m0/s1. The second-order valence-corrected chi connectivity index (χ2v) is 7.12. The molecule has 3 rings (SSSR count). The van der Waals surface area contributed by atoms with E-state index in [4.69, 9.17) is 0 Å². The van der Waals surface area contributed by atoms with E-state index in [0.29, 0.717) is 11.7 Å². The second kappa shape index (κ2) is 8.01. The molecule has 0 saturated carbocycles. The predicted octanol–water partition coefficient (Wildman–Crippen LogP) is 3.58. The molecule has 0 spiro atoms. The van der Waals surface area contributed by atoms with E-state index in [9.17, 15) is 14.9 Å². The monoisotopic (exact) mass is 370 g/mol. The molecule has 26 heavy (non-hydrogen) atoms. The molecule has 0 aliphatic carbocycles. The Balaban J connectivity index is 1.75. The first-order chi connectivity index (χ1) is 12.5. The number of nitrogens with zero attached hydrogens (tertiary/aromatic N) is 3. The van der Waals surface area contributed by atoms with Crippen LogP contribution in [-0.4, -0.2) is 19.7 Å². The lowest BCUT2D eigenvalue weighted by Gasteiger charge is -2.12. The van der Waals surface area contributed by atoms with Crippen molar-refractivity contribution in [2.45, 2.75) is 30.3 Å². The third kappa shape index (κ3) is 4.20. The van der Waals surface area contributed by atoms with Gasteiger partial charge in [-0.3, -0.25) is 14.7 Å². The van der Waals surface area contributed by atoms with Gasteiger partial charge >= 0.3 is 5.69 Å². The molecule has 0 saturated heterocycles. The fourth-order valence-electron chi connectivity index (χ4n) is 2.59. The van der Waals surface area contributed by atoms with Gasteiger partial charge in [-0.1, -0.05) is 54.2 Å². The first-order valence-corrected chi connectivity index (χ1v) is 9.02. The number of nitro benzene ring substituents is 1. The third-order valence-electron chi connectivity index (χ3n) is 4.02. The number of hydrogen-bond acceptors (Lipinski definition) is 5. The number of non-ortho nitro benzene ring substituents is 1. The number of nitrogens with one attached hydrogen (secondary N) is 1. The molecular weight excluding hydrogens is 352 g/mol. The summed E-state index contributed by atoms with van der Waals surface area (Å²) in [5.41, 5.74) is 1.76. The van der Waals surface area contributed by atoms with Crippen molar-refractivity contribution in [2.24, 2.45) is 0 Å². The molecule has 7 nitrogen and oxygen atoms in total. The van der Waals surface area contributed by atoms with Crippen molar-refractivity contribution in [3.63, 3.8) is 0 Å². The van der Waals surface area contributed by atoms with Crippen LogP contribution >= 0.6 is 11.8 Å². The number of aromatic amines is 1. The highest BCUT2D eigenvalue weighted by molar-refractivity contribution is 7.99. The summed E-state index contributed by atoms with van der Waals surface area (Å²) in [4.78, 5) is 22.6. The van der Waals surface area contributed by atoms with Crippen LogP contribution in [0, 0.1) is 10.1 Å². The molecule has 0 aliphatic heterocycles. The SMILES string of the molecule is C[C@H](Sc1n[nH]c(=O)n1CCc1ccccc1)c1cccc([N+](=O)[O-])c1. The molecule has 0 bridgehead atoms. The van der Waals surface area contributed by atoms with E-state index < -0.39 is 4.92 Å². The van der Waals surface area contributed by atoms with E-state index in [1.807, 2.05) is 43.3 Å². The lowest BCUT2D eigenvalue weighted by molar-refractivity contribution is -0.384. The normalized spacial score (nSPS) is 12.0. The third-order valence-corrected chi connectivity index (χ3v) is 5.17. The minimum absolute atomic E-state index is 0.0541. The first-order valence-electron chi connectivity index (χ1n) is 8.14. The molecule has 1 heterocycles. The van der Waals surface area contributed by atoms with Crippen molar-refractivity contribution in [3.8, 4) is 0 Å². The van der Waals surface area contributed by atoms with Crippen LogP contribution in [0.25, 0.3) is 0 Å². The molecule has 0 fully saturated rings. The Kier molecular flexibility index (Phi) is 5.52.